The van der Waals surface area contributed by atoms with Crippen LogP contribution in [0.4, 0.5) is 5.69 Å². The molecular formula is C15H10Cl2N4O2. The van der Waals surface area contributed by atoms with Crippen LogP contribution >= 0.6 is 23.2 Å². The van der Waals surface area contributed by atoms with Gasteiger partial charge in [-0.2, -0.15) is 0 Å². The van der Waals surface area contributed by atoms with Gasteiger partial charge in [-0.05, 0) is 12.1 Å². The molecule has 0 unspecified atom stereocenters. The van der Waals surface area contributed by atoms with Gasteiger partial charge in [0.1, 0.15) is 5.65 Å². The van der Waals surface area contributed by atoms with E-state index in [9.17, 15) is 9.59 Å². The van der Waals surface area contributed by atoms with Gasteiger partial charge in [-0.25, -0.2) is 4.98 Å². The zero-order valence-corrected chi connectivity index (χ0v) is 13.4. The highest BCUT2D eigenvalue weighted by molar-refractivity contribution is 6.50. The number of aromatic nitrogens is 3. The Bertz CT molecular complexity index is 916. The molecule has 3 aromatic heterocycles. The topological polar surface area (TPSA) is 76.9 Å². The molecule has 0 saturated heterocycles. The van der Waals surface area contributed by atoms with Crippen molar-refractivity contribution in [1.29, 1.82) is 0 Å². The predicted octanol–water partition coefficient (Wildman–Crippen LogP) is 3.10. The van der Waals surface area contributed by atoms with Gasteiger partial charge in [0.05, 0.1) is 21.3 Å². The van der Waals surface area contributed by atoms with E-state index in [-0.39, 0.29) is 21.3 Å². The lowest BCUT2D eigenvalue weighted by atomic mass is 10.1. The average Bonchev–Trinajstić information content (AvgIpc) is 2.88. The van der Waals surface area contributed by atoms with Gasteiger partial charge in [-0.1, -0.05) is 23.2 Å². The SMILES string of the molecule is Cn1cc(C(=O)C(=O)Nc2c(Cl)cncc2Cl)c2cccnc21. The Morgan fingerprint density at radius 3 is 2.61 bits per heavy atom. The maximum atomic E-state index is 12.4. The van der Waals surface area contributed by atoms with E-state index >= 15 is 0 Å². The van der Waals surface area contributed by atoms with E-state index < -0.39 is 11.7 Å². The monoisotopic (exact) mass is 348 g/mol. The van der Waals surface area contributed by atoms with E-state index in [0.717, 1.165) is 0 Å². The van der Waals surface area contributed by atoms with Crippen molar-refractivity contribution in [3.05, 3.63) is 52.5 Å². The summed E-state index contributed by atoms with van der Waals surface area (Å²) in [7, 11) is 1.75. The highest BCUT2D eigenvalue weighted by Crippen LogP contribution is 2.29. The highest BCUT2D eigenvalue weighted by Gasteiger charge is 2.23. The van der Waals surface area contributed by atoms with Crippen molar-refractivity contribution in [2.75, 3.05) is 5.32 Å². The van der Waals surface area contributed by atoms with Gasteiger partial charge in [0.25, 0.3) is 11.7 Å². The van der Waals surface area contributed by atoms with Crippen molar-refractivity contribution < 1.29 is 9.59 Å². The molecule has 23 heavy (non-hydrogen) atoms. The van der Waals surface area contributed by atoms with Gasteiger partial charge in [0, 0.05) is 37.2 Å². The first kappa shape index (κ1) is 15.5. The number of aryl methyl sites for hydroxylation is 1. The van der Waals surface area contributed by atoms with Crippen LogP contribution in [0.1, 0.15) is 10.4 Å². The number of nitrogens with zero attached hydrogens (tertiary/aromatic N) is 3. The smallest absolute Gasteiger partial charge is 0.296 e. The number of pyridine rings is 2. The van der Waals surface area contributed by atoms with Crippen molar-refractivity contribution in [2.24, 2.45) is 7.05 Å². The summed E-state index contributed by atoms with van der Waals surface area (Å²) in [4.78, 5) is 32.7. The third-order valence-electron chi connectivity index (χ3n) is 3.28. The Morgan fingerprint density at radius 2 is 1.91 bits per heavy atom. The number of fused-ring (bicyclic) bond motifs is 1. The van der Waals surface area contributed by atoms with Crippen molar-refractivity contribution in [1.82, 2.24) is 14.5 Å². The lowest BCUT2D eigenvalue weighted by Crippen LogP contribution is -2.23. The van der Waals surface area contributed by atoms with Crippen LogP contribution in [0.25, 0.3) is 11.0 Å². The van der Waals surface area contributed by atoms with Gasteiger partial charge in [0.15, 0.2) is 0 Å². The fraction of sp³-hybridized carbons (Fsp3) is 0.0667. The van der Waals surface area contributed by atoms with Crippen LogP contribution in [0.3, 0.4) is 0 Å². The van der Waals surface area contributed by atoms with Crippen LogP contribution in [-0.2, 0) is 11.8 Å². The second-order valence-corrected chi connectivity index (χ2v) is 5.60. The summed E-state index contributed by atoms with van der Waals surface area (Å²) in [6, 6.07) is 3.43. The summed E-state index contributed by atoms with van der Waals surface area (Å²) in [6.45, 7) is 0. The van der Waals surface area contributed by atoms with Crippen LogP contribution in [0.5, 0.6) is 0 Å². The number of carbonyl (C=O) groups excluding carboxylic acids is 2. The van der Waals surface area contributed by atoms with Gasteiger partial charge < -0.3 is 9.88 Å². The summed E-state index contributed by atoms with van der Waals surface area (Å²) < 4.78 is 1.68. The molecule has 0 saturated carbocycles. The Hall–Kier alpha value is -2.44. The number of hydrogen-bond acceptors (Lipinski definition) is 4. The summed E-state index contributed by atoms with van der Waals surface area (Å²) in [5.41, 5.74) is 1.03. The van der Waals surface area contributed by atoms with E-state index in [1.54, 1.807) is 36.1 Å². The third-order valence-corrected chi connectivity index (χ3v) is 3.85. The lowest BCUT2D eigenvalue weighted by molar-refractivity contribution is -0.112. The first-order valence-corrected chi connectivity index (χ1v) is 7.29. The van der Waals surface area contributed by atoms with E-state index in [4.69, 9.17) is 23.2 Å². The molecule has 8 heteroatoms. The first-order valence-electron chi connectivity index (χ1n) is 6.53. The minimum atomic E-state index is -0.837. The highest BCUT2D eigenvalue weighted by atomic mass is 35.5. The molecule has 0 aliphatic heterocycles. The summed E-state index contributed by atoms with van der Waals surface area (Å²) in [6.07, 6.45) is 5.84. The predicted molar refractivity (Wildman–Crippen MR) is 87.9 cm³/mol. The number of ketones is 1. The van der Waals surface area contributed by atoms with Crippen molar-refractivity contribution in [3.63, 3.8) is 0 Å². The second-order valence-electron chi connectivity index (χ2n) is 4.79. The lowest BCUT2D eigenvalue weighted by Gasteiger charge is -2.07. The van der Waals surface area contributed by atoms with Gasteiger partial charge in [-0.3, -0.25) is 14.6 Å². The summed E-state index contributed by atoms with van der Waals surface area (Å²) in [5.74, 6) is -1.54. The van der Waals surface area contributed by atoms with Gasteiger partial charge in [0.2, 0.25) is 0 Å². The van der Waals surface area contributed by atoms with Crippen molar-refractivity contribution in [3.8, 4) is 0 Å². The maximum absolute atomic E-state index is 12.4. The van der Waals surface area contributed by atoms with Crippen LogP contribution in [0.15, 0.2) is 36.9 Å². The molecule has 116 valence electrons. The zero-order chi connectivity index (χ0) is 16.6. The molecule has 0 aliphatic carbocycles. The molecule has 0 atom stereocenters. The number of carbonyl (C=O) groups is 2. The fourth-order valence-corrected chi connectivity index (χ4v) is 2.68. The van der Waals surface area contributed by atoms with E-state index in [1.807, 2.05) is 0 Å². The Kier molecular flexibility index (Phi) is 4.02. The number of halogens is 2. The van der Waals surface area contributed by atoms with Crippen LogP contribution in [0, 0.1) is 0 Å². The second kappa shape index (κ2) is 5.98. The molecule has 0 fully saturated rings. The normalized spacial score (nSPS) is 10.7. The molecular weight excluding hydrogens is 339 g/mol. The van der Waals surface area contributed by atoms with Gasteiger partial charge >= 0.3 is 0 Å². The Balaban J connectivity index is 1.95. The van der Waals surface area contributed by atoms with E-state index in [1.165, 1.54) is 12.4 Å². The molecule has 0 aliphatic rings. The number of hydrogen-bond donors (Lipinski definition) is 1. The molecule has 3 heterocycles. The van der Waals surface area contributed by atoms with E-state index in [2.05, 4.69) is 15.3 Å². The minimum Gasteiger partial charge on any atom is -0.335 e. The van der Waals surface area contributed by atoms with Gasteiger partial charge in [-0.15, -0.1) is 0 Å². The molecule has 0 aromatic carbocycles. The standard InChI is InChI=1S/C15H10Cl2N4O2/c1-21-7-9(8-3-2-4-19-14(8)21)13(22)15(23)20-12-10(16)5-18-6-11(12)17/h2-7H,1H3,(H,18,20,23). The number of amides is 1. The molecule has 1 N–H and O–H groups in total. The number of anilines is 1. The molecule has 1 amide bonds. The molecule has 3 rings (SSSR count). The third kappa shape index (κ3) is 2.78. The zero-order valence-electron chi connectivity index (χ0n) is 11.9. The molecule has 6 nitrogen and oxygen atoms in total. The van der Waals surface area contributed by atoms with Crippen molar-refractivity contribution in [2.45, 2.75) is 0 Å². The summed E-state index contributed by atoms with van der Waals surface area (Å²) >= 11 is 11.9. The maximum Gasteiger partial charge on any atom is 0.296 e. The summed E-state index contributed by atoms with van der Waals surface area (Å²) in [5, 5.41) is 3.33. The molecule has 0 bridgehead atoms. The Morgan fingerprint density at radius 1 is 1.22 bits per heavy atom. The largest absolute Gasteiger partial charge is 0.335 e. The average molecular weight is 349 g/mol. The quantitative estimate of drug-likeness (QED) is 0.582. The molecule has 0 spiro atoms. The first-order chi connectivity index (χ1) is 11.0. The van der Waals surface area contributed by atoms with Crippen LogP contribution in [-0.4, -0.2) is 26.2 Å². The fourth-order valence-electron chi connectivity index (χ4n) is 2.22. The number of Topliss-reactive ketones (excluding diaryl/α,β-unsaturated/α-hetero) is 1. The minimum absolute atomic E-state index is 0.151. The van der Waals surface area contributed by atoms with Crippen LogP contribution < -0.4 is 5.32 Å². The van der Waals surface area contributed by atoms with E-state index in [0.29, 0.717) is 11.0 Å². The Labute approximate surface area is 141 Å². The molecule has 3 aromatic rings. The van der Waals surface area contributed by atoms with Crippen molar-refractivity contribution >= 4 is 51.6 Å². The van der Waals surface area contributed by atoms with Crippen LogP contribution in [0.2, 0.25) is 10.0 Å². The number of rotatable bonds is 3. The number of nitrogens with one attached hydrogen (secondary N) is 1. The molecule has 0 radical (unpaired) electrons.